The van der Waals surface area contributed by atoms with E-state index in [1.54, 1.807) is 12.1 Å². The van der Waals surface area contributed by atoms with Gasteiger partial charge in [0.2, 0.25) is 11.7 Å². The Labute approximate surface area is 92.5 Å². The number of likely N-dealkylation sites (N-methyl/N-ethyl adjacent to an activating group) is 1. The molecule has 0 radical (unpaired) electrons. The highest BCUT2D eigenvalue weighted by Crippen LogP contribution is 2.07. The third-order valence-corrected chi connectivity index (χ3v) is 1.93. The lowest BCUT2D eigenvalue weighted by Crippen LogP contribution is -2.31. The molecule has 0 unspecified atom stereocenters. The minimum Gasteiger partial charge on any atom is -0.481 e. The first-order chi connectivity index (χ1) is 7.54. The number of pyridine rings is 1. The molecule has 86 valence electrons. The topological polar surface area (TPSA) is 79.7 Å². The summed E-state index contributed by atoms with van der Waals surface area (Å²) >= 11 is 0. The van der Waals surface area contributed by atoms with Gasteiger partial charge in [0.15, 0.2) is 0 Å². The number of hydrogen-bond donors (Lipinski definition) is 1. The minimum absolute atomic E-state index is 0.187. The summed E-state index contributed by atoms with van der Waals surface area (Å²) in [6, 6.07) is 4.75. The molecule has 0 aromatic carbocycles. The Balaban J connectivity index is 2.76. The zero-order chi connectivity index (χ0) is 12.1. The van der Waals surface area contributed by atoms with Gasteiger partial charge < -0.3 is 14.7 Å². The van der Waals surface area contributed by atoms with E-state index in [1.807, 2.05) is 0 Å². The average molecular weight is 224 g/mol. The fourth-order valence-corrected chi connectivity index (χ4v) is 1.05. The molecule has 1 N–H and O–H groups in total. The third-order valence-electron chi connectivity index (χ3n) is 1.93. The van der Waals surface area contributed by atoms with Gasteiger partial charge in [-0.05, 0) is 6.07 Å². The van der Waals surface area contributed by atoms with E-state index in [-0.39, 0.29) is 18.0 Å². The van der Waals surface area contributed by atoms with Gasteiger partial charge in [-0.25, -0.2) is 9.78 Å². The van der Waals surface area contributed by atoms with Crippen molar-refractivity contribution in [1.82, 2.24) is 9.88 Å². The summed E-state index contributed by atoms with van der Waals surface area (Å²) in [7, 11) is 2.76. The summed E-state index contributed by atoms with van der Waals surface area (Å²) < 4.78 is 4.86. The van der Waals surface area contributed by atoms with Crippen LogP contribution in [0, 0.1) is 0 Å². The lowest BCUT2D eigenvalue weighted by atomic mass is 10.2. The van der Waals surface area contributed by atoms with Gasteiger partial charge in [-0.15, -0.1) is 0 Å². The molecule has 0 aliphatic carbocycles. The second-order valence-corrected chi connectivity index (χ2v) is 3.13. The van der Waals surface area contributed by atoms with E-state index < -0.39 is 6.09 Å². The summed E-state index contributed by atoms with van der Waals surface area (Å²) in [6.07, 6.45) is -1.16. The highest BCUT2D eigenvalue weighted by molar-refractivity contribution is 5.97. The van der Waals surface area contributed by atoms with Gasteiger partial charge in [-0.2, -0.15) is 0 Å². The van der Waals surface area contributed by atoms with Crippen molar-refractivity contribution < 1.29 is 19.4 Å². The van der Waals surface area contributed by atoms with E-state index in [0.29, 0.717) is 5.88 Å². The summed E-state index contributed by atoms with van der Waals surface area (Å²) in [6.45, 7) is -0.227. The van der Waals surface area contributed by atoms with Gasteiger partial charge in [-0.3, -0.25) is 4.79 Å². The van der Waals surface area contributed by atoms with Crippen molar-refractivity contribution in [3.8, 4) is 5.88 Å². The standard InChI is InChI=1S/C10H12N2O4/c1-12(10(14)15)6-8(13)7-4-3-5-9(11-7)16-2/h3-5H,6H2,1-2H3,(H,14,15). The molecule has 0 fully saturated rings. The first-order valence-electron chi connectivity index (χ1n) is 4.53. The molecule has 0 saturated carbocycles. The van der Waals surface area contributed by atoms with Crippen LogP contribution in [0.15, 0.2) is 18.2 Å². The Morgan fingerprint density at radius 3 is 2.75 bits per heavy atom. The van der Waals surface area contributed by atoms with Crippen LogP contribution in [0.2, 0.25) is 0 Å². The van der Waals surface area contributed by atoms with Gasteiger partial charge in [-0.1, -0.05) is 6.07 Å². The Kier molecular flexibility index (Phi) is 3.82. The number of methoxy groups -OCH3 is 1. The number of Topliss-reactive ketones (excluding diaryl/α,β-unsaturated/α-hetero) is 1. The number of nitrogens with zero attached hydrogens (tertiary/aromatic N) is 2. The van der Waals surface area contributed by atoms with Crippen molar-refractivity contribution in [2.45, 2.75) is 0 Å². The molecule has 0 saturated heterocycles. The van der Waals surface area contributed by atoms with Crippen LogP contribution in [-0.4, -0.2) is 47.6 Å². The maximum atomic E-state index is 11.6. The largest absolute Gasteiger partial charge is 0.481 e. The quantitative estimate of drug-likeness (QED) is 0.768. The molecule has 0 aliphatic heterocycles. The van der Waals surface area contributed by atoms with Crippen molar-refractivity contribution >= 4 is 11.9 Å². The van der Waals surface area contributed by atoms with E-state index in [9.17, 15) is 9.59 Å². The highest BCUT2D eigenvalue weighted by Gasteiger charge is 2.14. The number of ether oxygens (including phenoxy) is 1. The lowest BCUT2D eigenvalue weighted by molar-refractivity contribution is 0.0923. The van der Waals surface area contributed by atoms with Crippen molar-refractivity contribution in [2.24, 2.45) is 0 Å². The molecule has 16 heavy (non-hydrogen) atoms. The van der Waals surface area contributed by atoms with Gasteiger partial charge in [0.1, 0.15) is 5.69 Å². The molecule has 1 aromatic rings. The molecule has 1 rings (SSSR count). The summed E-state index contributed by atoms with van der Waals surface area (Å²) in [5.41, 5.74) is 0.187. The van der Waals surface area contributed by atoms with Crippen LogP contribution in [0.1, 0.15) is 10.5 Å². The normalized spacial score (nSPS) is 9.62. The zero-order valence-electron chi connectivity index (χ0n) is 9.01. The van der Waals surface area contributed by atoms with E-state index >= 15 is 0 Å². The minimum atomic E-state index is -1.16. The van der Waals surface area contributed by atoms with Crippen LogP contribution in [0.5, 0.6) is 5.88 Å². The number of rotatable bonds is 4. The predicted octanol–water partition coefficient (Wildman–Crippen LogP) is 0.883. The van der Waals surface area contributed by atoms with Crippen molar-refractivity contribution in [2.75, 3.05) is 20.7 Å². The summed E-state index contributed by atoms with van der Waals surface area (Å²) in [4.78, 5) is 26.9. The van der Waals surface area contributed by atoms with Crippen LogP contribution in [-0.2, 0) is 0 Å². The molecule has 6 nitrogen and oxygen atoms in total. The fraction of sp³-hybridized carbons (Fsp3) is 0.300. The lowest BCUT2D eigenvalue weighted by Gasteiger charge is -2.11. The number of carbonyl (C=O) groups excluding carboxylic acids is 1. The number of hydrogen-bond acceptors (Lipinski definition) is 4. The molecular weight excluding hydrogens is 212 g/mol. The monoisotopic (exact) mass is 224 g/mol. The Hall–Kier alpha value is -2.11. The predicted molar refractivity (Wildman–Crippen MR) is 55.8 cm³/mol. The Morgan fingerprint density at radius 2 is 2.19 bits per heavy atom. The Bertz CT molecular complexity index is 406. The van der Waals surface area contributed by atoms with E-state index in [0.717, 1.165) is 4.90 Å². The van der Waals surface area contributed by atoms with Crippen LogP contribution in [0.3, 0.4) is 0 Å². The van der Waals surface area contributed by atoms with Crippen LogP contribution in [0.25, 0.3) is 0 Å². The zero-order valence-corrected chi connectivity index (χ0v) is 9.01. The highest BCUT2D eigenvalue weighted by atomic mass is 16.5. The number of carbonyl (C=O) groups is 2. The van der Waals surface area contributed by atoms with Crippen molar-refractivity contribution in [3.63, 3.8) is 0 Å². The molecule has 6 heteroatoms. The molecule has 0 bridgehead atoms. The average Bonchev–Trinajstić information content (AvgIpc) is 2.28. The summed E-state index contributed by atoms with van der Waals surface area (Å²) in [5, 5.41) is 8.61. The second kappa shape index (κ2) is 5.11. The molecule has 0 atom stereocenters. The van der Waals surface area contributed by atoms with Crippen molar-refractivity contribution in [3.05, 3.63) is 23.9 Å². The maximum Gasteiger partial charge on any atom is 0.407 e. The Morgan fingerprint density at radius 1 is 1.50 bits per heavy atom. The summed E-state index contributed by atoms with van der Waals surface area (Å²) in [5.74, 6) is -0.0485. The van der Waals surface area contributed by atoms with E-state index in [1.165, 1.54) is 20.2 Å². The van der Waals surface area contributed by atoms with Crippen molar-refractivity contribution in [1.29, 1.82) is 0 Å². The van der Waals surface area contributed by atoms with Gasteiger partial charge >= 0.3 is 6.09 Å². The molecule has 1 amide bonds. The van der Waals surface area contributed by atoms with Gasteiger partial charge in [0, 0.05) is 13.1 Å². The second-order valence-electron chi connectivity index (χ2n) is 3.13. The molecule has 0 spiro atoms. The first kappa shape index (κ1) is 12.0. The van der Waals surface area contributed by atoms with Gasteiger partial charge in [0.05, 0.1) is 13.7 Å². The van der Waals surface area contributed by atoms with Crippen LogP contribution >= 0.6 is 0 Å². The molecule has 1 aromatic heterocycles. The van der Waals surface area contributed by atoms with E-state index in [4.69, 9.17) is 9.84 Å². The number of ketones is 1. The molecular formula is C10H12N2O4. The number of amides is 1. The van der Waals surface area contributed by atoms with Gasteiger partial charge in [0.25, 0.3) is 0 Å². The third kappa shape index (κ3) is 2.94. The SMILES string of the molecule is COc1cccc(C(=O)CN(C)C(=O)O)n1. The smallest absolute Gasteiger partial charge is 0.407 e. The first-order valence-corrected chi connectivity index (χ1v) is 4.53. The van der Waals surface area contributed by atoms with Crippen LogP contribution < -0.4 is 4.74 Å². The van der Waals surface area contributed by atoms with E-state index in [2.05, 4.69) is 4.98 Å². The molecule has 0 aliphatic rings. The number of carboxylic acid groups (broad SMARTS) is 1. The van der Waals surface area contributed by atoms with Crippen LogP contribution in [0.4, 0.5) is 4.79 Å². The maximum absolute atomic E-state index is 11.6. The number of aromatic nitrogens is 1. The fourth-order valence-electron chi connectivity index (χ4n) is 1.05. The molecule has 1 heterocycles.